The van der Waals surface area contributed by atoms with Crippen LogP contribution < -0.4 is 5.73 Å². The lowest BCUT2D eigenvalue weighted by Gasteiger charge is -2.09. The lowest BCUT2D eigenvalue weighted by Crippen LogP contribution is -2.11. The molecule has 0 saturated heterocycles. The Kier molecular flexibility index (Phi) is 2.98. The first-order chi connectivity index (χ1) is 5.38. The van der Waals surface area contributed by atoms with Crippen LogP contribution in [0.25, 0.3) is 0 Å². The molecule has 3 nitrogen and oxygen atoms in total. The molecule has 1 aromatic rings. The van der Waals surface area contributed by atoms with E-state index in [2.05, 4.69) is 16.9 Å². The standard InChI is InChI=1S/C8H13N3/c1-2-7(3-9)8-4-10-6-11-5-8/h4-7H,2-3,9H2,1H3. The molecule has 60 valence electrons. The highest BCUT2D eigenvalue weighted by molar-refractivity contribution is 5.09. The molecule has 1 aromatic heterocycles. The van der Waals surface area contributed by atoms with Gasteiger partial charge in [-0.2, -0.15) is 0 Å². The van der Waals surface area contributed by atoms with Gasteiger partial charge in [0, 0.05) is 12.4 Å². The maximum absolute atomic E-state index is 5.56. The van der Waals surface area contributed by atoms with Crippen LogP contribution in [0.2, 0.25) is 0 Å². The van der Waals surface area contributed by atoms with Crippen molar-refractivity contribution in [1.82, 2.24) is 9.97 Å². The van der Waals surface area contributed by atoms with Crippen LogP contribution >= 0.6 is 0 Å². The molecule has 0 radical (unpaired) electrons. The molecule has 2 N–H and O–H groups in total. The fourth-order valence-electron chi connectivity index (χ4n) is 1.06. The molecule has 0 amide bonds. The summed E-state index contributed by atoms with van der Waals surface area (Å²) >= 11 is 0. The van der Waals surface area contributed by atoms with E-state index in [9.17, 15) is 0 Å². The molecule has 0 saturated carbocycles. The average molecular weight is 151 g/mol. The minimum Gasteiger partial charge on any atom is -0.330 e. The smallest absolute Gasteiger partial charge is 0.115 e. The molecular weight excluding hydrogens is 138 g/mol. The largest absolute Gasteiger partial charge is 0.330 e. The second kappa shape index (κ2) is 4.03. The first kappa shape index (κ1) is 8.14. The van der Waals surface area contributed by atoms with Gasteiger partial charge in [0.1, 0.15) is 6.33 Å². The van der Waals surface area contributed by atoms with Crippen LogP contribution in [0.1, 0.15) is 24.8 Å². The predicted molar refractivity (Wildman–Crippen MR) is 44.1 cm³/mol. The number of hydrogen-bond acceptors (Lipinski definition) is 3. The molecule has 1 atom stereocenters. The summed E-state index contributed by atoms with van der Waals surface area (Å²) in [6.45, 7) is 2.79. The lowest BCUT2D eigenvalue weighted by molar-refractivity contribution is 0.667. The van der Waals surface area contributed by atoms with Gasteiger partial charge in [-0.05, 0) is 24.4 Å². The Morgan fingerprint density at radius 2 is 2.09 bits per heavy atom. The van der Waals surface area contributed by atoms with Gasteiger partial charge in [-0.3, -0.25) is 0 Å². The van der Waals surface area contributed by atoms with E-state index in [1.54, 1.807) is 0 Å². The Labute approximate surface area is 66.7 Å². The highest BCUT2D eigenvalue weighted by Gasteiger charge is 2.05. The first-order valence-electron chi connectivity index (χ1n) is 3.83. The quantitative estimate of drug-likeness (QED) is 0.699. The van der Waals surface area contributed by atoms with Gasteiger partial charge >= 0.3 is 0 Å². The van der Waals surface area contributed by atoms with Crippen LogP contribution in [0.4, 0.5) is 0 Å². The normalized spacial score (nSPS) is 12.9. The van der Waals surface area contributed by atoms with Crippen LogP contribution in [0, 0.1) is 0 Å². The molecular formula is C8H13N3. The van der Waals surface area contributed by atoms with Crippen molar-refractivity contribution in [2.75, 3.05) is 6.54 Å². The summed E-state index contributed by atoms with van der Waals surface area (Å²) in [5, 5.41) is 0. The van der Waals surface area contributed by atoms with E-state index >= 15 is 0 Å². The Morgan fingerprint density at radius 1 is 1.45 bits per heavy atom. The second-order valence-electron chi connectivity index (χ2n) is 2.51. The number of hydrogen-bond donors (Lipinski definition) is 1. The van der Waals surface area contributed by atoms with Crippen LogP contribution in [0.5, 0.6) is 0 Å². The monoisotopic (exact) mass is 151 g/mol. The van der Waals surface area contributed by atoms with Gasteiger partial charge in [-0.25, -0.2) is 9.97 Å². The summed E-state index contributed by atoms with van der Waals surface area (Å²) in [5.74, 6) is 0.413. The number of nitrogens with two attached hydrogens (primary N) is 1. The van der Waals surface area contributed by atoms with E-state index in [1.165, 1.54) is 6.33 Å². The van der Waals surface area contributed by atoms with Crippen molar-refractivity contribution >= 4 is 0 Å². The molecule has 1 unspecified atom stereocenters. The van der Waals surface area contributed by atoms with Crippen molar-refractivity contribution in [3.63, 3.8) is 0 Å². The molecule has 0 bridgehead atoms. The Morgan fingerprint density at radius 3 is 2.55 bits per heavy atom. The van der Waals surface area contributed by atoms with Crippen LogP contribution in [-0.2, 0) is 0 Å². The van der Waals surface area contributed by atoms with Gasteiger partial charge < -0.3 is 5.73 Å². The zero-order valence-corrected chi connectivity index (χ0v) is 6.70. The molecule has 3 heteroatoms. The highest BCUT2D eigenvalue weighted by atomic mass is 14.8. The van der Waals surface area contributed by atoms with Gasteiger partial charge in [0.2, 0.25) is 0 Å². The summed E-state index contributed by atoms with van der Waals surface area (Å²) in [6, 6.07) is 0. The maximum Gasteiger partial charge on any atom is 0.115 e. The van der Waals surface area contributed by atoms with Gasteiger partial charge in [-0.1, -0.05) is 6.92 Å². The van der Waals surface area contributed by atoms with Crippen molar-refractivity contribution in [3.8, 4) is 0 Å². The number of nitrogens with zero attached hydrogens (tertiary/aromatic N) is 2. The molecule has 0 aliphatic rings. The van der Waals surface area contributed by atoms with Crippen molar-refractivity contribution in [2.45, 2.75) is 19.3 Å². The molecule has 0 aliphatic heterocycles. The molecule has 0 aliphatic carbocycles. The van der Waals surface area contributed by atoms with Crippen LogP contribution in [-0.4, -0.2) is 16.5 Å². The molecule has 0 aromatic carbocycles. The van der Waals surface area contributed by atoms with Gasteiger partial charge in [0.25, 0.3) is 0 Å². The molecule has 1 heterocycles. The van der Waals surface area contributed by atoms with Crippen molar-refractivity contribution < 1.29 is 0 Å². The van der Waals surface area contributed by atoms with E-state index in [4.69, 9.17) is 5.73 Å². The van der Waals surface area contributed by atoms with E-state index < -0.39 is 0 Å². The average Bonchev–Trinajstić information content (AvgIpc) is 2.09. The van der Waals surface area contributed by atoms with E-state index in [0.717, 1.165) is 12.0 Å². The van der Waals surface area contributed by atoms with Gasteiger partial charge in [0.15, 0.2) is 0 Å². The fraction of sp³-hybridized carbons (Fsp3) is 0.500. The van der Waals surface area contributed by atoms with Crippen molar-refractivity contribution in [2.24, 2.45) is 5.73 Å². The minimum absolute atomic E-state index is 0.413. The van der Waals surface area contributed by atoms with Gasteiger partial charge in [-0.15, -0.1) is 0 Å². The summed E-state index contributed by atoms with van der Waals surface area (Å²) in [5.41, 5.74) is 6.70. The molecule has 0 spiro atoms. The second-order valence-corrected chi connectivity index (χ2v) is 2.51. The SMILES string of the molecule is CCC(CN)c1cncnc1. The zero-order chi connectivity index (χ0) is 8.10. The predicted octanol–water partition coefficient (Wildman–Crippen LogP) is 0.929. The first-order valence-corrected chi connectivity index (χ1v) is 3.83. The minimum atomic E-state index is 0.413. The maximum atomic E-state index is 5.56. The third-order valence-electron chi connectivity index (χ3n) is 1.83. The van der Waals surface area contributed by atoms with E-state index in [0.29, 0.717) is 12.5 Å². The van der Waals surface area contributed by atoms with Crippen LogP contribution in [0.3, 0.4) is 0 Å². The fourth-order valence-corrected chi connectivity index (χ4v) is 1.06. The zero-order valence-electron chi connectivity index (χ0n) is 6.70. The van der Waals surface area contributed by atoms with Crippen molar-refractivity contribution in [1.29, 1.82) is 0 Å². The highest BCUT2D eigenvalue weighted by Crippen LogP contribution is 2.14. The summed E-state index contributed by atoms with van der Waals surface area (Å²) in [4.78, 5) is 7.87. The third-order valence-corrected chi connectivity index (χ3v) is 1.83. The van der Waals surface area contributed by atoms with Crippen molar-refractivity contribution in [3.05, 3.63) is 24.3 Å². The Bertz CT molecular complexity index is 194. The van der Waals surface area contributed by atoms with E-state index in [-0.39, 0.29) is 0 Å². The Balaban J connectivity index is 2.74. The summed E-state index contributed by atoms with van der Waals surface area (Å²) in [7, 11) is 0. The number of aromatic nitrogens is 2. The topological polar surface area (TPSA) is 51.8 Å². The molecule has 1 rings (SSSR count). The number of rotatable bonds is 3. The van der Waals surface area contributed by atoms with Crippen LogP contribution in [0.15, 0.2) is 18.7 Å². The van der Waals surface area contributed by atoms with E-state index in [1.807, 2.05) is 12.4 Å². The van der Waals surface area contributed by atoms with Gasteiger partial charge in [0.05, 0.1) is 0 Å². The molecule has 11 heavy (non-hydrogen) atoms. The third kappa shape index (κ3) is 1.98. The lowest BCUT2D eigenvalue weighted by atomic mass is 10.0. The Hall–Kier alpha value is -0.960. The summed E-state index contributed by atoms with van der Waals surface area (Å²) in [6.07, 6.45) is 6.23. The molecule has 0 fully saturated rings. The summed E-state index contributed by atoms with van der Waals surface area (Å²) < 4.78 is 0.